The Labute approximate surface area is 229 Å². The Balaban J connectivity index is 1.57. The standard InChI is InChI=1S/C27H25Cl2N3O4S/c1-35-22-11-10-17(14-23(22)36-2)12-13-32-25(33)16-24(26(34)31-21-9-4-3-8-20(21)29)37-27(32)30-19-7-5-6-18(28)15-19/h3-11,14-15,24H,12-13,16H2,1-2H3,(H,31,34). The fraction of sp³-hybridized carbons (Fsp3) is 0.222. The maximum Gasteiger partial charge on any atom is 0.238 e. The molecule has 1 N–H and O–H groups in total. The molecule has 1 fully saturated rings. The highest BCUT2D eigenvalue weighted by Gasteiger charge is 2.36. The van der Waals surface area contributed by atoms with Gasteiger partial charge in [-0.3, -0.25) is 14.5 Å². The van der Waals surface area contributed by atoms with E-state index in [0.29, 0.717) is 51.1 Å². The number of thioether (sulfide) groups is 1. The van der Waals surface area contributed by atoms with Gasteiger partial charge in [0, 0.05) is 18.0 Å². The van der Waals surface area contributed by atoms with Crippen molar-refractivity contribution < 1.29 is 19.1 Å². The van der Waals surface area contributed by atoms with E-state index in [4.69, 9.17) is 37.7 Å². The maximum absolute atomic E-state index is 13.3. The molecular formula is C27H25Cl2N3O4S. The average Bonchev–Trinajstić information content (AvgIpc) is 2.89. The highest BCUT2D eigenvalue weighted by Crippen LogP contribution is 2.32. The number of para-hydroxylation sites is 1. The predicted octanol–water partition coefficient (Wildman–Crippen LogP) is 6.21. The van der Waals surface area contributed by atoms with Crippen molar-refractivity contribution in [3.05, 3.63) is 82.3 Å². The Hall–Kier alpha value is -3.20. The number of ether oxygens (including phenoxy) is 2. The first-order chi connectivity index (χ1) is 17.9. The number of carbonyl (C=O) groups is 2. The average molecular weight is 558 g/mol. The molecule has 37 heavy (non-hydrogen) atoms. The van der Waals surface area contributed by atoms with Crippen LogP contribution in [-0.4, -0.2) is 47.9 Å². The van der Waals surface area contributed by atoms with Gasteiger partial charge in [-0.05, 0) is 54.4 Å². The number of amides is 2. The number of hydrogen-bond acceptors (Lipinski definition) is 6. The molecule has 3 aromatic carbocycles. The third-order valence-corrected chi connectivity index (χ3v) is 7.42. The van der Waals surface area contributed by atoms with E-state index >= 15 is 0 Å². The maximum atomic E-state index is 13.3. The van der Waals surface area contributed by atoms with E-state index in [0.717, 1.165) is 5.56 Å². The summed E-state index contributed by atoms with van der Waals surface area (Å²) >= 11 is 13.6. The van der Waals surface area contributed by atoms with Crippen LogP contribution in [0.15, 0.2) is 71.7 Å². The molecule has 1 unspecified atom stereocenters. The van der Waals surface area contributed by atoms with Gasteiger partial charge < -0.3 is 14.8 Å². The molecular weight excluding hydrogens is 533 g/mol. The molecule has 1 aliphatic rings. The first-order valence-electron chi connectivity index (χ1n) is 11.5. The van der Waals surface area contributed by atoms with Gasteiger partial charge in [0.15, 0.2) is 16.7 Å². The Bertz CT molecular complexity index is 1330. The molecule has 3 aromatic rings. The lowest BCUT2D eigenvalue weighted by Gasteiger charge is -2.32. The zero-order valence-electron chi connectivity index (χ0n) is 20.2. The molecule has 1 atom stereocenters. The van der Waals surface area contributed by atoms with Crippen molar-refractivity contribution in [2.45, 2.75) is 18.1 Å². The van der Waals surface area contributed by atoms with Crippen LogP contribution in [0.5, 0.6) is 11.5 Å². The van der Waals surface area contributed by atoms with E-state index in [1.54, 1.807) is 67.7 Å². The van der Waals surface area contributed by atoms with E-state index in [1.165, 1.54) is 11.8 Å². The minimum absolute atomic E-state index is 0.0292. The molecule has 7 nitrogen and oxygen atoms in total. The number of carbonyl (C=O) groups excluding carboxylic acids is 2. The second-order valence-corrected chi connectivity index (χ2v) is 10.2. The van der Waals surface area contributed by atoms with Crippen molar-refractivity contribution in [1.29, 1.82) is 0 Å². The molecule has 0 aromatic heterocycles. The Kier molecular flexibility index (Phi) is 8.97. The van der Waals surface area contributed by atoms with Gasteiger partial charge >= 0.3 is 0 Å². The smallest absolute Gasteiger partial charge is 0.238 e. The largest absolute Gasteiger partial charge is 0.493 e. The molecule has 0 saturated carbocycles. The molecule has 2 amide bonds. The first-order valence-corrected chi connectivity index (χ1v) is 13.1. The summed E-state index contributed by atoms with van der Waals surface area (Å²) in [5, 5.41) is 3.54. The van der Waals surface area contributed by atoms with Crippen molar-refractivity contribution in [2.24, 2.45) is 4.99 Å². The van der Waals surface area contributed by atoms with Crippen LogP contribution >= 0.6 is 35.0 Å². The fourth-order valence-corrected chi connectivity index (χ4v) is 5.26. The summed E-state index contributed by atoms with van der Waals surface area (Å²) in [4.78, 5) is 32.7. The first kappa shape index (κ1) is 26.9. The number of hydrogen-bond donors (Lipinski definition) is 1. The number of methoxy groups -OCH3 is 2. The summed E-state index contributed by atoms with van der Waals surface area (Å²) < 4.78 is 10.7. The van der Waals surface area contributed by atoms with E-state index in [2.05, 4.69) is 5.32 Å². The number of rotatable bonds is 8. The van der Waals surface area contributed by atoms with Gasteiger partial charge in [0.1, 0.15) is 5.25 Å². The van der Waals surface area contributed by atoms with E-state index in [1.807, 2.05) is 18.2 Å². The molecule has 0 aliphatic carbocycles. The topological polar surface area (TPSA) is 80.2 Å². The molecule has 4 rings (SSSR count). The van der Waals surface area contributed by atoms with Crippen LogP contribution in [-0.2, 0) is 16.0 Å². The predicted molar refractivity (Wildman–Crippen MR) is 150 cm³/mol. The van der Waals surface area contributed by atoms with Crippen molar-refractivity contribution >= 4 is 63.3 Å². The van der Waals surface area contributed by atoms with Crippen LogP contribution in [0, 0.1) is 0 Å². The summed E-state index contributed by atoms with van der Waals surface area (Å²) in [6, 6.07) is 19.6. The number of nitrogens with zero attached hydrogens (tertiary/aromatic N) is 2. The summed E-state index contributed by atoms with van der Waals surface area (Å²) in [6.45, 7) is 0.375. The van der Waals surface area contributed by atoms with Gasteiger partial charge in [-0.15, -0.1) is 0 Å². The van der Waals surface area contributed by atoms with Crippen molar-refractivity contribution in [3.8, 4) is 11.5 Å². The van der Waals surface area contributed by atoms with E-state index in [9.17, 15) is 9.59 Å². The normalized spacial score (nSPS) is 16.5. The summed E-state index contributed by atoms with van der Waals surface area (Å²) in [6.07, 6.45) is 0.582. The molecule has 1 heterocycles. The quantitative estimate of drug-likeness (QED) is 0.356. The highest BCUT2D eigenvalue weighted by atomic mass is 35.5. The number of anilines is 1. The van der Waals surface area contributed by atoms with Crippen LogP contribution in [0.3, 0.4) is 0 Å². The number of benzene rings is 3. The fourth-order valence-electron chi connectivity index (χ4n) is 3.77. The van der Waals surface area contributed by atoms with Gasteiger partial charge in [-0.25, -0.2) is 4.99 Å². The lowest BCUT2D eigenvalue weighted by Crippen LogP contribution is -2.46. The monoisotopic (exact) mass is 557 g/mol. The van der Waals surface area contributed by atoms with E-state index < -0.39 is 5.25 Å². The Morgan fingerprint density at radius 3 is 2.57 bits per heavy atom. The summed E-state index contributed by atoms with van der Waals surface area (Å²) in [5.74, 6) is 0.735. The van der Waals surface area contributed by atoms with Crippen LogP contribution < -0.4 is 14.8 Å². The van der Waals surface area contributed by atoms with Crippen LogP contribution in [0.2, 0.25) is 10.0 Å². The van der Waals surface area contributed by atoms with Crippen molar-refractivity contribution in [3.63, 3.8) is 0 Å². The minimum atomic E-state index is -0.668. The zero-order valence-corrected chi connectivity index (χ0v) is 22.6. The molecule has 192 valence electrons. The van der Waals surface area contributed by atoms with Crippen molar-refractivity contribution in [2.75, 3.05) is 26.1 Å². The molecule has 0 radical (unpaired) electrons. The summed E-state index contributed by atoms with van der Waals surface area (Å²) in [5.41, 5.74) is 2.05. The lowest BCUT2D eigenvalue weighted by molar-refractivity contribution is -0.129. The van der Waals surface area contributed by atoms with Gasteiger partial charge in [-0.1, -0.05) is 59.2 Å². The molecule has 0 spiro atoms. The third kappa shape index (κ3) is 6.77. The number of nitrogens with one attached hydrogen (secondary N) is 1. The summed E-state index contributed by atoms with van der Waals surface area (Å²) in [7, 11) is 3.16. The van der Waals surface area contributed by atoms with Gasteiger partial charge in [0.25, 0.3) is 0 Å². The number of aliphatic imine (C=N–C) groups is 1. The number of halogens is 2. The molecule has 1 saturated heterocycles. The molecule has 10 heteroatoms. The molecule has 1 aliphatic heterocycles. The Morgan fingerprint density at radius 2 is 1.84 bits per heavy atom. The van der Waals surface area contributed by atoms with Crippen LogP contribution in [0.25, 0.3) is 0 Å². The van der Waals surface area contributed by atoms with Gasteiger partial charge in [-0.2, -0.15) is 0 Å². The Morgan fingerprint density at radius 1 is 1.05 bits per heavy atom. The molecule has 0 bridgehead atoms. The van der Waals surface area contributed by atoms with Crippen LogP contribution in [0.4, 0.5) is 11.4 Å². The highest BCUT2D eigenvalue weighted by molar-refractivity contribution is 8.15. The third-order valence-electron chi connectivity index (χ3n) is 5.67. The number of amidine groups is 1. The van der Waals surface area contributed by atoms with Gasteiger partial charge in [0.05, 0.1) is 30.6 Å². The zero-order chi connectivity index (χ0) is 26.4. The second kappa shape index (κ2) is 12.4. The van der Waals surface area contributed by atoms with Crippen molar-refractivity contribution in [1.82, 2.24) is 4.90 Å². The van der Waals surface area contributed by atoms with E-state index in [-0.39, 0.29) is 18.2 Å². The van der Waals surface area contributed by atoms with Gasteiger partial charge in [0.2, 0.25) is 11.8 Å². The minimum Gasteiger partial charge on any atom is -0.493 e. The second-order valence-electron chi connectivity index (χ2n) is 8.14. The SMILES string of the molecule is COc1ccc(CCN2C(=O)CC(C(=O)Nc3ccccc3Cl)SC2=Nc2cccc(Cl)c2)cc1OC. The van der Waals surface area contributed by atoms with Crippen LogP contribution in [0.1, 0.15) is 12.0 Å². The lowest BCUT2D eigenvalue weighted by atomic mass is 10.1.